The second-order valence-electron chi connectivity index (χ2n) is 8.37. The van der Waals surface area contributed by atoms with Crippen molar-refractivity contribution in [1.82, 2.24) is 5.32 Å². The van der Waals surface area contributed by atoms with Gasteiger partial charge in [-0.3, -0.25) is 9.10 Å². The van der Waals surface area contributed by atoms with E-state index in [1.807, 2.05) is 24.3 Å². The minimum absolute atomic E-state index is 0.0339. The van der Waals surface area contributed by atoms with Gasteiger partial charge >= 0.3 is 0 Å². The number of amides is 1. The quantitative estimate of drug-likeness (QED) is 0.595. The molecule has 0 aliphatic rings. The second-order valence-corrected chi connectivity index (χ2v) is 10.4. The minimum atomic E-state index is -3.33. The Morgan fingerprint density at radius 2 is 1.71 bits per heavy atom. The highest BCUT2D eigenvalue weighted by molar-refractivity contribution is 7.92. The molecule has 1 atom stereocenters. The number of benzene rings is 2. The van der Waals surface area contributed by atoms with Gasteiger partial charge in [-0.1, -0.05) is 39.0 Å². The average molecular weight is 449 g/mol. The van der Waals surface area contributed by atoms with Gasteiger partial charge in [0.25, 0.3) is 5.91 Å². The zero-order valence-corrected chi connectivity index (χ0v) is 19.8. The van der Waals surface area contributed by atoms with Crippen molar-refractivity contribution in [2.45, 2.75) is 39.2 Å². The predicted molar refractivity (Wildman–Crippen MR) is 123 cm³/mol. The molecule has 0 aromatic heterocycles. The fraction of sp³-hybridized carbons (Fsp3) is 0.435. The zero-order chi connectivity index (χ0) is 23.2. The van der Waals surface area contributed by atoms with Crippen molar-refractivity contribution >= 4 is 21.6 Å². The van der Waals surface area contributed by atoms with Gasteiger partial charge in [-0.2, -0.15) is 0 Å². The lowest BCUT2D eigenvalue weighted by atomic mass is 9.86. The average Bonchev–Trinajstić information content (AvgIpc) is 2.70. The largest absolute Gasteiger partial charge is 0.491 e. The van der Waals surface area contributed by atoms with Crippen LogP contribution in [-0.4, -0.2) is 46.9 Å². The van der Waals surface area contributed by atoms with Crippen LogP contribution in [0.25, 0.3) is 0 Å². The van der Waals surface area contributed by atoms with Gasteiger partial charge in [0.2, 0.25) is 10.0 Å². The van der Waals surface area contributed by atoms with Crippen LogP contribution in [0.15, 0.2) is 48.5 Å². The number of sulfonamides is 1. The molecule has 170 valence electrons. The number of nitrogens with zero attached hydrogens (tertiary/aromatic N) is 1. The van der Waals surface area contributed by atoms with Crippen molar-refractivity contribution in [1.29, 1.82) is 0 Å². The third-order valence-electron chi connectivity index (χ3n) is 4.73. The van der Waals surface area contributed by atoms with Crippen molar-refractivity contribution < 1.29 is 22.7 Å². The van der Waals surface area contributed by atoms with Gasteiger partial charge in [0.1, 0.15) is 18.1 Å². The summed E-state index contributed by atoms with van der Waals surface area (Å²) >= 11 is 0. The summed E-state index contributed by atoms with van der Waals surface area (Å²) in [5.74, 6) is 1.03. The topological polar surface area (TPSA) is 84.9 Å². The number of carbonyl (C=O) groups is 1. The summed E-state index contributed by atoms with van der Waals surface area (Å²) in [7, 11) is -1.86. The lowest BCUT2D eigenvalue weighted by Crippen LogP contribution is -2.38. The van der Waals surface area contributed by atoms with Gasteiger partial charge in [0.15, 0.2) is 6.10 Å². The van der Waals surface area contributed by atoms with Crippen molar-refractivity contribution in [3.05, 3.63) is 54.1 Å². The molecule has 0 heterocycles. The van der Waals surface area contributed by atoms with Crippen molar-refractivity contribution in [2.24, 2.45) is 0 Å². The first-order chi connectivity index (χ1) is 14.4. The summed E-state index contributed by atoms with van der Waals surface area (Å²) < 4.78 is 35.9. The van der Waals surface area contributed by atoms with Crippen LogP contribution >= 0.6 is 0 Å². The van der Waals surface area contributed by atoms with Gasteiger partial charge in [-0.05, 0) is 48.2 Å². The molecule has 31 heavy (non-hydrogen) atoms. The maximum atomic E-state index is 12.3. The summed E-state index contributed by atoms with van der Waals surface area (Å²) in [6, 6.07) is 14.4. The highest BCUT2D eigenvalue weighted by Gasteiger charge is 2.19. The number of hydrogen-bond acceptors (Lipinski definition) is 5. The highest BCUT2D eigenvalue weighted by atomic mass is 32.2. The molecule has 1 amide bonds. The van der Waals surface area contributed by atoms with E-state index in [1.54, 1.807) is 31.2 Å². The summed E-state index contributed by atoms with van der Waals surface area (Å²) in [5.41, 5.74) is 1.59. The fourth-order valence-corrected chi connectivity index (χ4v) is 3.38. The van der Waals surface area contributed by atoms with Crippen molar-refractivity contribution in [2.75, 3.05) is 30.8 Å². The summed E-state index contributed by atoms with van der Waals surface area (Å²) in [5, 5.41) is 2.80. The lowest BCUT2D eigenvalue weighted by Gasteiger charge is -2.22. The minimum Gasteiger partial charge on any atom is -0.491 e. The lowest BCUT2D eigenvalue weighted by molar-refractivity contribution is -0.127. The van der Waals surface area contributed by atoms with Crippen LogP contribution in [0.3, 0.4) is 0 Å². The van der Waals surface area contributed by atoms with E-state index in [2.05, 4.69) is 26.1 Å². The molecule has 2 aromatic carbocycles. The van der Waals surface area contributed by atoms with E-state index >= 15 is 0 Å². The Hall–Kier alpha value is -2.74. The van der Waals surface area contributed by atoms with Crippen LogP contribution in [0.1, 0.15) is 33.3 Å². The monoisotopic (exact) mass is 448 g/mol. The Kier molecular flexibility index (Phi) is 7.95. The number of ether oxygens (including phenoxy) is 2. The van der Waals surface area contributed by atoms with Gasteiger partial charge < -0.3 is 14.8 Å². The van der Waals surface area contributed by atoms with E-state index < -0.39 is 16.1 Å². The SMILES string of the molecule is C[C@H](Oc1ccc(N(C)S(C)(=O)=O)cc1)C(=O)NCCOc1ccccc1C(C)(C)C. The standard InChI is InChI=1S/C23H32N2O5S/c1-17(30-19-13-11-18(12-14-19)25(5)31(6,27)28)22(26)24-15-16-29-21-10-8-7-9-20(21)23(2,3)4/h7-14,17H,15-16H2,1-6H3,(H,24,26)/t17-/m0/s1. The summed E-state index contributed by atoms with van der Waals surface area (Å²) in [6.45, 7) is 8.73. The maximum absolute atomic E-state index is 12.3. The van der Waals surface area contributed by atoms with Gasteiger partial charge in [0.05, 0.1) is 18.5 Å². The number of rotatable bonds is 9. The molecule has 0 unspecified atom stereocenters. The highest BCUT2D eigenvalue weighted by Crippen LogP contribution is 2.30. The molecule has 0 bridgehead atoms. The van der Waals surface area contributed by atoms with Crippen LogP contribution in [-0.2, 0) is 20.2 Å². The number of para-hydroxylation sites is 1. The van der Waals surface area contributed by atoms with Crippen molar-refractivity contribution in [3.63, 3.8) is 0 Å². The van der Waals surface area contributed by atoms with Gasteiger partial charge in [-0.15, -0.1) is 0 Å². The van der Waals surface area contributed by atoms with Crippen LogP contribution in [0.4, 0.5) is 5.69 Å². The maximum Gasteiger partial charge on any atom is 0.260 e. The molecule has 0 saturated carbocycles. The van der Waals surface area contributed by atoms with E-state index in [9.17, 15) is 13.2 Å². The first kappa shape index (κ1) is 24.5. The first-order valence-corrected chi connectivity index (χ1v) is 11.9. The molecule has 2 rings (SSSR count). The fourth-order valence-electron chi connectivity index (χ4n) is 2.87. The molecular formula is C23H32N2O5S. The normalized spacial score (nSPS) is 12.7. The molecule has 0 fully saturated rings. The third-order valence-corrected chi connectivity index (χ3v) is 5.94. The van der Waals surface area contributed by atoms with E-state index in [0.29, 0.717) is 24.6 Å². The number of anilines is 1. The third kappa shape index (κ3) is 7.17. The van der Waals surface area contributed by atoms with Crippen molar-refractivity contribution in [3.8, 4) is 11.5 Å². The number of nitrogens with one attached hydrogen (secondary N) is 1. The molecule has 0 aliphatic carbocycles. The van der Waals surface area contributed by atoms with E-state index in [4.69, 9.17) is 9.47 Å². The number of carbonyl (C=O) groups excluding carboxylic acids is 1. The summed E-state index contributed by atoms with van der Waals surface area (Å²) in [4.78, 5) is 12.3. The molecule has 0 spiro atoms. The Bertz CT molecular complexity index is 982. The van der Waals surface area contributed by atoms with Crippen LogP contribution in [0, 0.1) is 0 Å². The van der Waals surface area contributed by atoms with Gasteiger partial charge in [0, 0.05) is 7.05 Å². The zero-order valence-electron chi connectivity index (χ0n) is 19.0. The Balaban J connectivity index is 1.83. The molecule has 0 radical (unpaired) electrons. The van der Waals surface area contributed by atoms with Crippen LogP contribution < -0.4 is 19.1 Å². The molecule has 2 aromatic rings. The van der Waals surface area contributed by atoms with E-state index in [0.717, 1.165) is 17.6 Å². The smallest absolute Gasteiger partial charge is 0.260 e. The molecule has 1 N–H and O–H groups in total. The Morgan fingerprint density at radius 1 is 1.10 bits per heavy atom. The second kappa shape index (κ2) is 10.0. The van der Waals surface area contributed by atoms with Crippen LogP contribution in [0.2, 0.25) is 0 Å². The van der Waals surface area contributed by atoms with E-state index in [-0.39, 0.29) is 11.3 Å². The Labute approximate surface area is 185 Å². The van der Waals surface area contributed by atoms with Crippen LogP contribution in [0.5, 0.6) is 11.5 Å². The molecular weight excluding hydrogens is 416 g/mol. The Morgan fingerprint density at radius 3 is 2.29 bits per heavy atom. The molecule has 0 saturated heterocycles. The van der Waals surface area contributed by atoms with Gasteiger partial charge in [-0.25, -0.2) is 8.42 Å². The first-order valence-electron chi connectivity index (χ1n) is 10.1. The predicted octanol–water partition coefficient (Wildman–Crippen LogP) is 3.34. The molecule has 7 nitrogen and oxygen atoms in total. The van der Waals surface area contributed by atoms with E-state index in [1.165, 1.54) is 11.4 Å². The summed E-state index contributed by atoms with van der Waals surface area (Å²) in [6.07, 6.45) is 0.426. The molecule has 8 heteroatoms. The molecule has 0 aliphatic heterocycles. The number of hydrogen-bond donors (Lipinski definition) is 1.